The monoisotopic (exact) mass is 294 g/mol. The van der Waals surface area contributed by atoms with E-state index in [9.17, 15) is 0 Å². The highest BCUT2D eigenvalue weighted by Gasteiger charge is 2.05. The molecule has 1 aromatic carbocycles. The van der Waals surface area contributed by atoms with Gasteiger partial charge in [-0.3, -0.25) is 4.68 Å². The Kier molecular flexibility index (Phi) is 3.84. The molecule has 3 aromatic rings. The Balaban J connectivity index is 1.89. The fraction of sp³-hybridized carbons (Fsp3) is 0.188. The van der Waals surface area contributed by atoms with E-state index in [1.54, 1.807) is 17.1 Å². The van der Waals surface area contributed by atoms with Gasteiger partial charge in [0.15, 0.2) is 0 Å². The first-order valence-corrected chi connectivity index (χ1v) is 7.04. The van der Waals surface area contributed by atoms with E-state index in [2.05, 4.69) is 33.4 Å². The standard InChI is InChI=1S/C16H18N6/c1-11-7-12(3-4-13(11)8-17)15-5-6-18-16(21-15)20-14-9-19-22(2)10-14/h3-7,9-10H,8,17H2,1-2H3,(H,18,20,21). The van der Waals surface area contributed by atoms with E-state index in [1.165, 1.54) is 5.56 Å². The van der Waals surface area contributed by atoms with Crippen molar-refractivity contribution in [2.24, 2.45) is 12.8 Å². The summed E-state index contributed by atoms with van der Waals surface area (Å²) in [4.78, 5) is 8.80. The Morgan fingerprint density at radius 2 is 2.14 bits per heavy atom. The minimum Gasteiger partial charge on any atom is -0.326 e. The van der Waals surface area contributed by atoms with Crippen molar-refractivity contribution in [3.05, 3.63) is 54.0 Å². The van der Waals surface area contributed by atoms with E-state index in [0.29, 0.717) is 12.5 Å². The van der Waals surface area contributed by atoms with Gasteiger partial charge < -0.3 is 11.1 Å². The smallest absolute Gasteiger partial charge is 0.227 e. The van der Waals surface area contributed by atoms with Crippen LogP contribution >= 0.6 is 0 Å². The van der Waals surface area contributed by atoms with Gasteiger partial charge in [-0.05, 0) is 30.2 Å². The fourth-order valence-corrected chi connectivity index (χ4v) is 2.28. The van der Waals surface area contributed by atoms with Crippen LogP contribution in [0.2, 0.25) is 0 Å². The molecule has 0 aliphatic rings. The molecule has 0 radical (unpaired) electrons. The SMILES string of the molecule is Cc1cc(-c2ccnc(Nc3cnn(C)c3)n2)ccc1CN. The lowest BCUT2D eigenvalue weighted by molar-refractivity contribution is 0.768. The molecule has 0 amide bonds. The van der Waals surface area contributed by atoms with Crippen LogP contribution in [0.15, 0.2) is 42.9 Å². The molecule has 0 unspecified atom stereocenters. The fourth-order valence-electron chi connectivity index (χ4n) is 2.28. The molecule has 0 bridgehead atoms. The molecule has 0 spiro atoms. The van der Waals surface area contributed by atoms with E-state index >= 15 is 0 Å². The molecule has 6 heteroatoms. The first-order valence-electron chi connectivity index (χ1n) is 7.04. The lowest BCUT2D eigenvalue weighted by atomic mass is 10.0. The molecule has 0 saturated carbocycles. The average Bonchev–Trinajstić information content (AvgIpc) is 2.92. The number of hydrogen-bond donors (Lipinski definition) is 2. The molecule has 0 aliphatic heterocycles. The summed E-state index contributed by atoms with van der Waals surface area (Å²) in [5, 5.41) is 7.26. The van der Waals surface area contributed by atoms with E-state index in [4.69, 9.17) is 5.73 Å². The molecular weight excluding hydrogens is 276 g/mol. The zero-order valence-electron chi connectivity index (χ0n) is 12.6. The number of hydrogen-bond acceptors (Lipinski definition) is 5. The zero-order valence-corrected chi connectivity index (χ0v) is 12.6. The van der Waals surface area contributed by atoms with Crippen molar-refractivity contribution < 1.29 is 0 Å². The highest BCUT2D eigenvalue weighted by Crippen LogP contribution is 2.22. The van der Waals surface area contributed by atoms with Crippen molar-refractivity contribution in [1.82, 2.24) is 19.7 Å². The average molecular weight is 294 g/mol. The molecule has 0 saturated heterocycles. The molecule has 22 heavy (non-hydrogen) atoms. The van der Waals surface area contributed by atoms with Gasteiger partial charge in [0.2, 0.25) is 5.95 Å². The van der Waals surface area contributed by atoms with Gasteiger partial charge in [0.25, 0.3) is 0 Å². The van der Waals surface area contributed by atoms with Crippen LogP contribution < -0.4 is 11.1 Å². The summed E-state index contributed by atoms with van der Waals surface area (Å²) in [5.74, 6) is 0.547. The van der Waals surface area contributed by atoms with Crippen LogP contribution in [0.5, 0.6) is 0 Å². The normalized spacial score (nSPS) is 10.7. The van der Waals surface area contributed by atoms with Crippen molar-refractivity contribution >= 4 is 11.6 Å². The van der Waals surface area contributed by atoms with E-state index in [-0.39, 0.29) is 0 Å². The molecule has 3 rings (SSSR count). The van der Waals surface area contributed by atoms with Crippen LogP contribution in [0, 0.1) is 6.92 Å². The highest BCUT2D eigenvalue weighted by atomic mass is 15.3. The van der Waals surface area contributed by atoms with Crippen LogP contribution in [0.3, 0.4) is 0 Å². The molecule has 6 nitrogen and oxygen atoms in total. The van der Waals surface area contributed by atoms with Crippen LogP contribution in [-0.2, 0) is 13.6 Å². The Bertz CT molecular complexity index is 793. The first-order chi connectivity index (χ1) is 10.7. The molecule has 2 heterocycles. The Morgan fingerprint density at radius 1 is 1.27 bits per heavy atom. The van der Waals surface area contributed by atoms with Gasteiger partial charge in [0, 0.05) is 31.5 Å². The maximum Gasteiger partial charge on any atom is 0.227 e. The molecule has 112 valence electrons. The lowest BCUT2D eigenvalue weighted by Crippen LogP contribution is -2.00. The van der Waals surface area contributed by atoms with Crippen molar-refractivity contribution in [3.63, 3.8) is 0 Å². The number of aryl methyl sites for hydroxylation is 2. The predicted octanol–water partition coefficient (Wildman–Crippen LogP) is 2.39. The molecule has 0 aliphatic carbocycles. The van der Waals surface area contributed by atoms with Crippen molar-refractivity contribution in [2.45, 2.75) is 13.5 Å². The van der Waals surface area contributed by atoms with Gasteiger partial charge in [-0.25, -0.2) is 9.97 Å². The lowest BCUT2D eigenvalue weighted by Gasteiger charge is -2.08. The molecule has 0 atom stereocenters. The third-order valence-electron chi connectivity index (χ3n) is 3.47. The van der Waals surface area contributed by atoms with Gasteiger partial charge in [-0.1, -0.05) is 12.1 Å². The Morgan fingerprint density at radius 3 is 2.82 bits per heavy atom. The van der Waals surface area contributed by atoms with E-state index < -0.39 is 0 Å². The van der Waals surface area contributed by atoms with Crippen LogP contribution in [0.4, 0.5) is 11.6 Å². The summed E-state index contributed by atoms with van der Waals surface area (Å²) in [6.07, 6.45) is 5.35. The van der Waals surface area contributed by atoms with Gasteiger partial charge in [0.05, 0.1) is 17.6 Å². The summed E-state index contributed by atoms with van der Waals surface area (Å²) in [6, 6.07) is 8.07. The summed E-state index contributed by atoms with van der Waals surface area (Å²) in [7, 11) is 1.87. The van der Waals surface area contributed by atoms with Crippen molar-refractivity contribution in [2.75, 3.05) is 5.32 Å². The zero-order chi connectivity index (χ0) is 15.5. The number of nitrogens with zero attached hydrogens (tertiary/aromatic N) is 4. The quantitative estimate of drug-likeness (QED) is 0.772. The molecule has 3 N–H and O–H groups in total. The summed E-state index contributed by atoms with van der Waals surface area (Å²) < 4.78 is 1.72. The number of anilines is 2. The van der Waals surface area contributed by atoms with Gasteiger partial charge in [-0.2, -0.15) is 5.10 Å². The first kappa shape index (κ1) is 14.2. The summed E-state index contributed by atoms with van der Waals surface area (Å²) in [6.45, 7) is 2.60. The maximum absolute atomic E-state index is 5.71. The minimum absolute atomic E-state index is 0.545. The summed E-state index contributed by atoms with van der Waals surface area (Å²) in [5.41, 5.74) is 10.8. The largest absolute Gasteiger partial charge is 0.326 e. The second kappa shape index (κ2) is 5.95. The number of rotatable bonds is 4. The van der Waals surface area contributed by atoms with Crippen molar-refractivity contribution in [3.8, 4) is 11.3 Å². The van der Waals surface area contributed by atoms with E-state index in [1.807, 2.05) is 31.4 Å². The third kappa shape index (κ3) is 2.96. The Hall–Kier alpha value is -2.73. The topological polar surface area (TPSA) is 81.7 Å². The number of nitrogens with one attached hydrogen (secondary N) is 1. The van der Waals surface area contributed by atoms with Gasteiger partial charge in [0.1, 0.15) is 0 Å². The highest BCUT2D eigenvalue weighted by molar-refractivity contribution is 5.63. The van der Waals surface area contributed by atoms with Gasteiger partial charge >= 0.3 is 0 Å². The predicted molar refractivity (Wildman–Crippen MR) is 86.6 cm³/mol. The molecular formula is C16H18N6. The number of nitrogens with two attached hydrogens (primary N) is 1. The number of benzene rings is 1. The summed E-state index contributed by atoms with van der Waals surface area (Å²) >= 11 is 0. The third-order valence-corrected chi connectivity index (χ3v) is 3.47. The maximum atomic E-state index is 5.71. The number of aromatic nitrogens is 4. The van der Waals surface area contributed by atoms with Gasteiger partial charge in [-0.15, -0.1) is 0 Å². The molecule has 2 aromatic heterocycles. The van der Waals surface area contributed by atoms with E-state index in [0.717, 1.165) is 22.5 Å². The van der Waals surface area contributed by atoms with Crippen molar-refractivity contribution in [1.29, 1.82) is 0 Å². The second-order valence-corrected chi connectivity index (χ2v) is 5.14. The van der Waals surface area contributed by atoms with Crippen LogP contribution in [-0.4, -0.2) is 19.7 Å². The molecule has 0 fully saturated rings. The van der Waals surface area contributed by atoms with Crippen LogP contribution in [0.25, 0.3) is 11.3 Å². The second-order valence-electron chi connectivity index (χ2n) is 5.14. The minimum atomic E-state index is 0.545. The van der Waals surface area contributed by atoms with Crippen LogP contribution in [0.1, 0.15) is 11.1 Å². The Labute approximate surface area is 129 Å².